The quantitative estimate of drug-likeness (QED) is 0.859. The van der Waals surface area contributed by atoms with E-state index < -0.39 is 5.60 Å². The maximum Gasteiger partial charge on any atom is 0.410 e. The van der Waals surface area contributed by atoms with Crippen LogP contribution in [0.1, 0.15) is 51.8 Å². The molecule has 0 aliphatic carbocycles. The lowest BCUT2D eigenvalue weighted by atomic mass is 10.0. The number of rotatable bonds is 1. The van der Waals surface area contributed by atoms with Crippen LogP contribution >= 0.6 is 11.3 Å². The van der Waals surface area contributed by atoms with Gasteiger partial charge in [0.15, 0.2) is 5.13 Å². The first kappa shape index (κ1) is 14.1. The van der Waals surface area contributed by atoms with Crippen LogP contribution in [0, 0.1) is 0 Å². The fourth-order valence-electron chi connectivity index (χ4n) is 2.23. The number of hydrogen-bond donors (Lipinski definition) is 1. The smallest absolute Gasteiger partial charge is 0.410 e. The normalized spacial score (nSPS) is 20.4. The fourth-order valence-corrected chi connectivity index (χ4v) is 2.84. The van der Waals surface area contributed by atoms with Crippen molar-refractivity contribution >= 4 is 22.6 Å². The van der Waals surface area contributed by atoms with Gasteiger partial charge in [0.25, 0.3) is 0 Å². The molecule has 0 bridgehead atoms. The molecule has 1 saturated heterocycles. The number of likely N-dealkylation sites (tertiary alicyclic amines) is 1. The van der Waals surface area contributed by atoms with Crippen molar-refractivity contribution in [3.63, 3.8) is 0 Å². The summed E-state index contributed by atoms with van der Waals surface area (Å²) in [4.78, 5) is 18.3. The highest BCUT2D eigenvalue weighted by Crippen LogP contribution is 2.33. The lowest BCUT2D eigenvalue weighted by Gasteiger charge is -2.35. The molecular formula is C13H21N3O2S. The van der Waals surface area contributed by atoms with Gasteiger partial charge < -0.3 is 10.5 Å². The van der Waals surface area contributed by atoms with Gasteiger partial charge in [-0.1, -0.05) is 0 Å². The molecule has 1 atom stereocenters. The summed E-state index contributed by atoms with van der Waals surface area (Å²) in [7, 11) is 0. The van der Waals surface area contributed by atoms with Crippen LogP contribution in [0.25, 0.3) is 0 Å². The number of aromatic nitrogens is 1. The Kier molecular flexibility index (Phi) is 3.99. The summed E-state index contributed by atoms with van der Waals surface area (Å²) in [5.41, 5.74) is 6.09. The number of nitrogen functional groups attached to an aromatic ring is 1. The average Bonchev–Trinajstić information content (AvgIpc) is 2.73. The molecule has 19 heavy (non-hydrogen) atoms. The van der Waals surface area contributed by atoms with E-state index in [-0.39, 0.29) is 12.1 Å². The molecule has 2 N–H and O–H groups in total. The second-order valence-corrected chi connectivity index (χ2v) is 6.69. The van der Waals surface area contributed by atoms with Crippen LogP contribution in [0.2, 0.25) is 0 Å². The van der Waals surface area contributed by atoms with E-state index in [4.69, 9.17) is 10.5 Å². The maximum absolute atomic E-state index is 12.3. The average molecular weight is 283 g/mol. The van der Waals surface area contributed by atoms with Crippen molar-refractivity contribution in [2.24, 2.45) is 0 Å². The van der Waals surface area contributed by atoms with Crippen LogP contribution in [-0.4, -0.2) is 28.1 Å². The largest absolute Gasteiger partial charge is 0.444 e. The zero-order valence-electron chi connectivity index (χ0n) is 11.7. The van der Waals surface area contributed by atoms with Crippen LogP contribution < -0.4 is 5.73 Å². The van der Waals surface area contributed by atoms with Gasteiger partial charge in [-0.3, -0.25) is 4.90 Å². The van der Waals surface area contributed by atoms with Gasteiger partial charge >= 0.3 is 6.09 Å². The van der Waals surface area contributed by atoms with Crippen LogP contribution in [0.5, 0.6) is 0 Å². The van der Waals surface area contributed by atoms with Gasteiger partial charge in [-0.2, -0.15) is 0 Å². The lowest BCUT2D eigenvalue weighted by molar-refractivity contribution is 0.00908. The molecule has 0 aromatic carbocycles. The Hall–Kier alpha value is -1.30. The summed E-state index contributed by atoms with van der Waals surface area (Å²) >= 11 is 1.41. The first-order valence-corrected chi connectivity index (χ1v) is 7.45. The Bertz CT molecular complexity index is 453. The SMILES string of the molecule is CC(C)(C)OC(=O)N1CCCCC1c1csc(N)n1. The number of nitrogens with two attached hydrogens (primary N) is 1. The van der Waals surface area contributed by atoms with Crippen molar-refractivity contribution in [2.45, 2.75) is 51.7 Å². The van der Waals surface area contributed by atoms with E-state index in [1.54, 1.807) is 4.90 Å². The number of amides is 1. The first-order valence-electron chi connectivity index (χ1n) is 6.57. The number of carbonyl (C=O) groups excluding carboxylic acids is 1. The Morgan fingerprint density at radius 3 is 2.84 bits per heavy atom. The molecular weight excluding hydrogens is 262 g/mol. The third-order valence-corrected chi connectivity index (χ3v) is 3.70. The minimum atomic E-state index is -0.472. The highest BCUT2D eigenvalue weighted by atomic mass is 32.1. The van der Waals surface area contributed by atoms with Gasteiger partial charge in [-0.25, -0.2) is 9.78 Å². The van der Waals surface area contributed by atoms with Gasteiger partial charge in [0, 0.05) is 11.9 Å². The van der Waals surface area contributed by atoms with E-state index >= 15 is 0 Å². The number of piperidine rings is 1. The van der Waals surface area contributed by atoms with Crippen molar-refractivity contribution in [1.82, 2.24) is 9.88 Å². The van der Waals surface area contributed by atoms with E-state index in [0.717, 1.165) is 31.5 Å². The Morgan fingerprint density at radius 2 is 2.26 bits per heavy atom. The second-order valence-electron chi connectivity index (χ2n) is 5.80. The molecule has 2 heterocycles. The number of nitrogens with zero attached hydrogens (tertiary/aromatic N) is 2. The third-order valence-electron chi connectivity index (χ3n) is 3.01. The van der Waals surface area contributed by atoms with Gasteiger partial charge in [-0.05, 0) is 40.0 Å². The maximum atomic E-state index is 12.3. The predicted molar refractivity (Wildman–Crippen MR) is 76.1 cm³/mol. The number of carbonyl (C=O) groups is 1. The predicted octanol–water partition coefficient (Wildman–Crippen LogP) is 3.19. The number of hydrogen-bond acceptors (Lipinski definition) is 5. The second kappa shape index (κ2) is 5.36. The molecule has 1 aliphatic rings. The standard InChI is InChI=1S/C13H21N3O2S/c1-13(2,3)18-12(17)16-7-5-4-6-10(16)9-8-19-11(14)15-9/h8,10H,4-7H2,1-3H3,(H2,14,15). The minimum absolute atomic E-state index is 0.00264. The molecule has 5 nitrogen and oxygen atoms in total. The molecule has 0 radical (unpaired) electrons. The molecule has 106 valence electrons. The monoisotopic (exact) mass is 283 g/mol. The molecule has 6 heteroatoms. The summed E-state index contributed by atoms with van der Waals surface area (Å²) in [6, 6.07) is -0.00264. The summed E-state index contributed by atoms with van der Waals surface area (Å²) < 4.78 is 5.47. The first-order chi connectivity index (χ1) is 8.87. The molecule has 1 aromatic rings. The van der Waals surface area contributed by atoms with E-state index in [9.17, 15) is 4.79 Å². The Morgan fingerprint density at radius 1 is 1.53 bits per heavy atom. The van der Waals surface area contributed by atoms with Crippen molar-refractivity contribution in [2.75, 3.05) is 12.3 Å². The highest BCUT2D eigenvalue weighted by molar-refractivity contribution is 7.13. The molecule has 1 amide bonds. The summed E-state index contributed by atoms with van der Waals surface area (Å²) in [6.45, 7) is 6.36. The van der Waals surface area contributed by atoms with E-state index in [0.29, 0.717) is 5.13 Å². The van der Waals surface area contributed by atoms with E-state index in [1.165, 1.54) is 11.3 Å². The Balaban J connectivity index is 2.14. The van der Waals surface area contributed by atoms with Crippen LogP contribution in [-0.2, 0) is 4.74 Å². The number of thiazole rings is 1. The number of anilines is 1. The minimum Gasteiger partial charge on any atom is -0.444 e. The van der Waals surface area contributed by atoms with E-state index in [1.807, 2.05) is 26.2 Å². The highest BCUT2D eigenvalue weighted by Gasteiger charge is 2.32. The van der Waals surface area contributed by atoms with Crippen LogP contribution in [0.4, 0.5) is 9.93 Å². The van der Waals surface area contributed by atoms with Crippen molar-refractivity contribution < 1.29 is 9.53 Å². The zero-order valence-corrected chi connectivity index (χ0v) is 12.5. The molecule has 1 aromatic heterocycles. The number of ether oxygens (including phenoxy) is 1. The van der Waals surface area contributed by atoms with E-state index in [2.05, 4.69) is 4.98 Å². The van der Waals surface area contributed by atoms with Crippen molar-refractivity contribution in [3.05, 3.63) is 11.1 Å². The van der Waals surface area contributed by atoms with Gasteiger partial charge in [-0.15, -0.1) is 11.3 Å². The third kappa shape index (κ3) is 3.59. The van der Waals surface area contributed by atoms with Gasteiger partial charge in [0.05, 0.1) is 11.7 Å². The zero-order chi connectivity index (χ0) is 14.0. The fraction of sp³-hybridized carbons (Fsp3) is 0.692. The Labute approximate surface area is 117 Å². The lowest BCUT2D eigenvalue weighted by Crippen LogP contribution is -2.42. The molecule has 1 aliphatic heterocycles. The molecule has 0 spiro atoms. The molecule has 1 fully saturated rings. The molecule has 2 rings (SSSR count). The van der Waals surface area contributed by atoms with Crippen LogP contribution in [0.3, 0.4) is 0 Å². The topological polar surface area (TPSA) is 68.5 Å². The summed E-state index contributed by atoms with van der Waals surface area (Å²) in [5, 5.41) is 2.48. The van der Waals surface area contributed by atoms with Crippen molar-refractivity contribution in [3.8, 4) is 0 Å². The molecule has 0 saturated carbocycles. The summed E-state index contributed by atoms with van der Waals surface area (Å²) in [6.07, 6.45) is 2.77. The van der Waals surface area contributed by atoms with Crippen LogP contribution in [0.15, 0.2) is 5.38 Å². The summed E-state index contributed by atoms with van der Waals surface area (Å²) in [5.74, 6) is 0. The van der Waals surface area contributed by atoms with Crippen molar-refractivity contribution in [1.29, 1.82) is 0 Å². The molecule has 1 unspecified atom stereocenters. The van der Waals surface area contributed by atoms with Gasteiger partial charge in [0.2, 0.25) is 0 Å². The van der Waals surface area contributed by atoms with Gasteiger partial charge in [0.1, 0.15) is 5.60 Å².